The van der Waals surface area contributed by atoms with Crippen molar-refractivity contribution in [2.45, 2.75) is 25.3 Å². The Kier molecular flexibility index (Phi) is 5.62. The summed E-state index contributed by atoms with van der Waals surface area (Å²) < 4.78 is 0. The highest BCUT2D eigenvalue weighted by molar-refractivity contribution is 5.80. The van der Waals surface area contributed by atoms with E-state index in [1.54, 1.807) is 0 Å². The number of carbonyl (C=O) groups is 1. The highest BCUT2D eigenvalue weighted by Gasteiger charge is 2.33. The third kappa shape index (κ3) is 4.02. The average Bonchev–Trinajstić information content (AvgIpc) is 3.13. The lowest BCUT2D eigenvalue weighted by atomic mass is 9.94. The van der Waals surface area contributed by atoms with Crippen LogP contribution in [0.3, 0.4) is 0 Å². The number of hydrogen-bond acceptors (Lipinski definition) is 3. The van der Waals surface area contributed by atoms with Gasteiger partial charge >= 0.3 is 0 Å². The summed E-state index contributed by atoms with van der Waals surface area (Å²) in [4.78, 5) is 12.6. The summed E-state index contributed by atoms with van der Waals surface area (Å²) in [6, 6.07) is 20.6. The van der Waals surface area contributed by atoms with Crippen molar-refractivity contribution in [2.75, 3.05) is 13.1 Å². The van der Waals surface area contributed by atoms with Crippen LogP contribution in [-0.4, -0.2) is 19.0 Å². The molecule has 0 aromatic heterocycles. The van der Waals surface area contributed by atoms with E-state index in [-0.39, 0.29) is 17.9 Å². The second kappa shape index (κ2) is 8.08. The third-order valence-electron chi connectivity index (χ3n) is 4.72. The molecular weight excluding hydrogens is 298 g/mol. The Bertz CT molecular complexity index is 644. The maximum atomic E-state index is 12.6. The number of amides is 1. The normalized spacial score (nSPS) is 21.4. The Morgan fingerprint density at radius 2 is 1.79 bits per heavy atom. The molecule has 0 aliphatic carbocycles. The number of hydrazine groups is 1. The smallest absolute Gasteiger partial charge is 0.226 e. The Morgan fingerprint density at radius 3 is 2.50 bits per heavy atom. The summed E-state index contributed by atoms with van der Waals surface area (Å²) in [6.45, 7) is 3.56. The van der Waals surface area contributed by atoms with E-state index < -0.39 is 0 Å². The molecule has 4 nitrogen and oxygen atoms in total. The number of nitrogens with one attached hydrogen (secondary N) is 3. The first kappa shape index (κ1) is 16.7. The summed E-state index contributed by atoms with van der Waals surface area (Å²) >= 11 is 0. The molecule has 2 aromatic rings. The fourth-order valence-electron chi connectivity index (χ4n) is 3.21. The summed E-state index contributed by atoms with van der Waals surface area (Å²) in [5, 5.41) is 3.11. The molecule has 1 amide bonds. The van der Waals surface area contributed by atoms with E-state index in [0.717, 1.165) is 12.0 Å². The second-order valence-corrected chi connectivity index (χ2v) is 6.41. The van der Waals surface area contributed by atoms with Crippen LogP contribution >= 0.6 is 0 Å². The van der Waals surface area contributed by atoms with Gasteiger partial charge in [0, 0.05) is 13.1 Å². The maximum absolute atomic E-state index is 12.6. The highest BCUT2D eigenvalue weighted by Crippen LogP contribution is 2.25. The standard InChI is InChI=1S/C20H25N3O/c1-15(16-8-4-2-5-9-16)12-13-21-20(24)18-14-22-23-19(18)17-10-6-3-7-11-17/h2-11,15,18-19,22-23H,12-14H2,1H3,(H,21,24). The molecule has 126 valence electrons. The van der Waals surface area contributed by atoms with Crippen LogP contribution in [0.25, 0.3) is 0 Å². The molecule has 0 radical (unpaired) electrons. The molecule has 3 N–H and O–H groups in total. The van der Waals surface area contributed by atoms with Gasteiger partial charge in [0.1, 0.15) is 0 Å². The lowest BCUT2D eigenvalue weighted by Crippen LogP contribution is -2.35. The van der Waals surface area contributed by atoms with Crippen LogP contribution in [0.2, 0.25) is 0 Å². The van der Waals surface area contributed by atoms with E-state index in [1.807, 2.05) is 24.3 Å². The van der Waals surface area contributed by atoms with Crippen molar-refractivity contribution in [2.24, 2.45) is 5.92 Å². The number of benzene rings is 2. The van der Waals surface area contributed by atoms with Crippen LogP contribution in [0.15, 0.2) is 60.7 Å². The molecule has 3 rings (SSSR count). The van der Waals surface area contributed by atoms with E-state index in [0.29, 0.717) is 19.0 Å². The van der Waals surface area contributed by atoms with Crippen molar-refractivity contribution >= 4 is 5.91 Å². The van der Waals surface area contributed by atoms with Crippen molar-refractivity contribution < 1.29 is 4.79 Å². The van der Waals surface area contributed by atoms with Crippen LogP contribution in [0, 0.1) is 5.92 Å². The molecule has 3 atom stereocenters. The van der Waals surface area contributed by atoms with Gasteiger partial charge in [0.05, 0.1) is 12.0 Å². The Balaban J connectivity index is 1.51. The molecule has 0 spiro atoms. The van der Waals surface area contributed by atoms with E-state index >= 15 is 0 Å². The SMILES string of the molecule is CC(CCNC(=O)C1CNNC1c1ccccc1)c1ccccc1. The Labute approximate surface area is 143 Å². The first-order valence-corrected chi connectivity index (χ1v) is 8.61. The zero-order valence-electron chi connectivity index (χ0n) is 14.0. The minimum atomic E-state index is -0.0839. The van der Waals surface area contributed by atoms with E-state index in [4.69, 9.17) is 0 Å². The van der Waals surface area contributed by atoms with E-state index in [1.165, 1.54) is 5.56 Å². The van der Waals surface area contributed by atoms with Crippen molar-refractivity contribution in [1.29, 1.82) is 0 Å². The summed E-state index contributed by atoms with van der Waals surface area (Å²) in [5.41, 5.74) is 8.79. The molecule has 1 aliphatic heterocycles. The highest BCUT2D eigenvalue weighted by atomic mass is 16.2. The first-order chi connectivity index (χ1) is 11.8. The predicted octanol–water partition coefficient (Wildman–Crippen LogP) is 2.76. The second-order valence-electron chi connectivity index (χ2n) is 6.41. The van der Waals surface area contributed by atoms with Gasteiger partial charge in [-0.2, -0.15) is 0 Å². The zero-order chi connectivity index (χ0) is 16.8. The molecule has 24 heavy (non-hydrogen) atoms. The lowest BCUT2D eigenvalue weighted by molar-refractivity contribution is -0.124. The Hall–Kier alpha value is -2.17. The third-order valence-corrected chi connectivity index (χ3v) is 4.72. The molecule has 2 aromatic carbocycles. The van der Waals surface area contributed by atoms with Crippen LogP contribution in [0.1, 0.15) is 36.4 Å². The van der Waals surface area contributed by atoms with Gasteiger partial charge < -0.3 is 5.32 Å². The van der Waals surface area contributed by atoms with Crippen molar-refractivity contribution in [1.82, 2.24) is 16.2 Å². The number of carbonyl (C=O) groups excluding carboxylic acids is 1. The fraction of sp³-hybridized carbons (Fsp3) is 0.350. The van der Waals surface area contributed by atoms with Crippen LogP contribution in [0.4, 0.5) is 0 Å². The van der Waals surface area contributed by atoms with Crippen LogP contribution in [-0.2, 0) is 4.79 Å². The fourth-order valence-corrected chi connectivity index (χ4v) is 3.21. The molecule has 3 unspecified atom stereocenters. The maximum Gasteiger partial charge on any atom is 0.226 e. The zero-order valence-corrected chi connectivity index (χ0v) is 14.0. The van der Waals surface area contributed by atoms with Crippen LogP contribution < -0.4 is 16.2 Å². The lowest BCUT2D eigenvalue weighted by Gasteiger charge is -2.19. The molecule has 1 fully saturated rings. The van der Waals surface area contributed by atoms with Gasteiger partial charge in [0.2, 0.25) is 5.91 Å². The van der Waals surface area contributed by atoms with Gasteiger partial charge in [-0.1, -0.05) is 67.6 Å². The van der Waals surface area contributed by atoms with Crippen molar-refractivity contribution in [3.8, 4) is 0 Å². The molecule has 0 bridgehead atoms. The molecule has 1 heterocycles. The van der Waals surface area contributed by atoms with Gasteiger partial charge in [0.25, 0.3) is 0 Å². The van der Waals surface area contributed by atoms with Gasteiger partial charge in [0.15, 0.2) is 0 Å². The summed E-state index contributed by atoms with van der Waals surface area (Å²) in [7, 11) is 0. The number of rotatable bonds is 6. The number of hydrogen-bond donors (Lipinski definition) is 3. The van der Waals surface area contributed by atoms with Crippen molar-refractivity contribution in [3.05, 3.63) is 71.8 Å². The van der Waals surface area contributed by atoms with Crippen molar-refractivity contribution in [3.63, 3.8) is 0 Å². The predicted molar refractivity (Wildman–Crippen MR) is 96.3 cm³/mol. The first-order valence-electron chi connectivity index (χ1n) is 8.61. The summed E-state index contributed by atoms with van der Waals surface area (Å²) in [5.74, 6) is 0.470. The topological polar surface area (TPSA) is 53.2 Å². The average molecular weight is 323 g/mol. The van der Waals surface area contributed by atoms with Gasteiger partial charge in [-0.05, 0) is 23.5 Å². The van der Waals surface area contributed by atoms with Gasteiger partial charge in [-0.15, -0.1) is 0 Å². The Morgan fingerprint density at radius 1 is 1.12 bits per heavy atom. The molecule has 4 heteroatoms. The van der Waals surface area contributed by atoms with Crippen LogP contribution in [0.5, 0.6) is 0 Å². The van der Waals surface area contributed by atoms with Gasteiger partial charge in [-0.3, -0.25) is 10.2 Å². The molecular formula is C20H25N3O. The monoisotopic (exact) mass is 323 g/mol. The quantitative estimate of drug-likeness (QED) is 0.766. The molecule has 1 saturated heterocycles. The minimum absolute atomic E-state index is 0.0257. The molecule has 1 aliphatic rings. The molecule has 0 saturated carbocycles. The van der Waals surface area contributed by atoms with Gasteiger partial charge in [-0.25, -0.2) is 5.43 Å². The van der Waals surface area contributed by atoms with E-state index in [9.17, 15) is 4.79 Å². The largest absolute Gasteiger partial charge is 0.356 e. The minimum Gasteiger partial charge on any atom is -0.356 e. The summed E-state index contributed by atoms with van der Waals surface area (Å²) in [6.07, 6.45) is 0.944. The van der Waals surface area contributed by atoms with E-state index in [2.05, 4.69) is 59.5 Å².